The highest BCUT2D eigenvalue weighted by Gasteiger charge is 2.33. The van der Waals surface area contributed by atoms with Gasteiger partial charge in [-0.25, -0.2) is 13.4 Å². The van der Waals surface area contributed by atoms with Gasteiger partial charge in [-0.2, -0.15) is 0 Å². The molecule has 1 aliphatic heterocycles. The number of nitrogens with zero attached hydrogens (tertiary/aromatic N) is 3. The Kier molecular flexibility index (Phi) is 5.91. The fraction of sp³-hybridized carbons (Fsp3) is 0.174. The van der Waals surface area contributed by atoms with Crippen molar-refractivity contribution in [3.05, 3.63) is 84.8 Å². The van der Waals surface area contributed by atoms with Crippen LogP contribution in [0.3, 0.4) is 0 Å². The van der Waals surface area contributed by atoms with Crippen LogP contribution in [-0.2, 0) is 14.8 Å². The number of anilines is 1. The van der Waals surface area contributed by atoms with Crippen molar-refractivity contribution in [3.8, 4) is 11.6 Å². The highest BCUT2D eigenvalue weighted by atomic mass is 32.2. The van der Waals surface area contributed by atoms with Gasteiger partial charge in [-0.3, -0.25) is 14.1 Å². The lowest BCUT2D eigenvalue weighted by atomic mass is 9.98. The number of benzene rings is 2. The third-order valence-electron chi connectivity index (χ3n) is 5.07. The summed E-state index contributed by atoms with van der Waals surface area (Å²) in [5.41, 5.74) is 2.01. The summed E-state index contributed by atoms with van der Waals surface area (Å²) in [6, 6.07) is 13.1. The van der Waals surface area contributed by atoms with E-state index in [1.807, 2.05) is 12.1 Å². The number of carbonyl (C=O) groups is 1. The lowest BCUT2D eigenvalue weighted by Crippen LogP contribution is -2.40. The van der Waals surface area contributed by atoms with Gasteiger partial charge in [0.15, 0.2) is 0 Å². The fourth-order valence-corrected chi connectivity index (χ4v) is 5.08. The maximum absolute atomic E-state index is 13.4. The van der Waals surface area contributed by atoms with Crippen molar-refractivity contribution in [2.45, 2.75) is 24.3 Å². The number of rotatable bonds is 6. The second kappa shape index (κ2) is 8.80. The molecule has 164 valence electrons. The molecule has 1 N–H and O–H groups in total. The molecular weight excluding hydrogens is 428 g/mol. The summed E-state index contributed by atoms with van der Waals surface area (Å²) in [4.78, 5) is 20.2. The Morgan fingerprint density at radius 3 is 2.66 bits per heavy atom. The molecule has 2 aromatic carbocycles. The van der Waals surface area contributed by atoms with Crippen LogP contribution in [-0.4, -0.2) is 30.8 Å². The van der Waals surface area contributed by atoms with E-state index in [0.717, 1.165) is 5.56 Å². The first kappa shape index (κ1) is 21.5. The van der Waals surface area contributed by atoms with Crippen LogP contribution in [0.4, 0.5) is 5.69 Å². The average molecular weight is 451 g/mol. The van der Waals surface area contributed by atoms with E-state index in [0.29, 0.717) is 29.4 Å². The topological polar surface area (TPSA) is 101 Å². The van der Waals surface area contributed by atoms with E-state index in [2.05, 4.69) is 21.9 Å². The first-order valence-corrected chi connectivity index (χ1v) is 11.4. The SMILES string of the molecule is C=CC(=O)NC1CCN(S(=O)(=O)c2ccc(Oc3cncc(C)n3)cc2)c2ccccc21. The number of nitrogens with one attached hydrogen (secondary N) is 1. The predicted octanol–water partition coefficient (Wildman–Crippen LogP) is 3.52. The van der Waals surface area contributed by atoms with Gasteiger partial charge in [0.05, 0.1) is 28.5 Å². The second-order valence-electron chi connectivity index (χ2n) is 7.26. The number of hydrogen-bond donors (Lipinski definition) is 1. The van der Waals surface area contributed by atoms with Crippen LogP contribution in [0.5, 0.6) is 11.6 Å². The van der Waals surface area contributed by atoms with Gasteiger partial charge in [-0.1, -0.05) is 24.8 Å². The predicted molar refractivity (Wildman–Crippen MR) is 120 cm³/mol. The van der Waals surface area contributed by atoms with Crippen molar-refractivity contribution < 1.29 is 17.9 Å². The number of amides is 1. The molecule has 1 aliphatic rings. The first-order valence-electron chi connectivity index (χ1n) is 9.99. The maximum atomic E-state index is 13.4. The van der Waals surface area contributed by atoms with Crippen LogP contribution < -0.4 is 14.4 Å². The molecule has 0 fully saturated rings. The quantitative estimate of drug-likeness (QED) is 0.577. The Balaban J connectivity index is 1.59. The number of sulfonamides is 1. The normalized spacial score (nSPS) is 15.5. The van der Waals surface area contributed by atoms with Crippen LogP contribution in [0.25, 0.3) is 0 Å². The molecule has 1 atom stereocenters. The van der Waals surface area contributed by atoms with Crippen molar-refractivity contribution in [3.63, 3.8) is 0 Å². The molecule has 2 heterocycles. The van der Waals surface area contributed by atoms with Crippen molar-refractivity contribution in [2.75, 3.05) is 10.8 Å². The van der Waals surface area contributed by atoms with Crippen LogP contribution in [0.15, 0.2) is 78.5 Å². The van der Waals surface area contributed by atoms with E-state index >= 15 is 0 Å². The molecule has 0 saturated carbocycles. The highest BCUT2D eigenvalue weighted by Crippen LogP contribution is 2.37. The molecule has 9 heteroatoms. The summed E-state index contributed by atoms with van der Waals surface area (Å²) >= 11 is 0. The van der Waals surface area contributed by atoms with Crippen LogP contribution in [0.2, 0.25) is 0 Å². The van der Waals surface area contributed by atoms with Gasteiger partial charge in [0.2, 0.25) is 11.8 Å². The van der Waals surface area contributed by atoms with Crippen LogP contribution >= 0.6 is 0 Å². The van der Waals surface area contributed by atoms with Crippen molar-refractivity contribution in [1.29, 1.82) is 0 Å². The molecule has 0 bridgehead atoms. The Labute approximate surface area is 186 Å². The number of hydrogen-bond acceptors (Lipinski definition) is 6. The number of ether oxygens (including phenoxy) is 1. The average Bonchev–Trinajstić information content (AvgIpc) is 2.79. The monoisotopic (exact) mass is 450 g/mol. The third-order valence-corrected chi connectivity index (χ3v) is 6.90. The first-order chi connectivity index (χ1) is 15.4. The summed E-state index contributed by atoms with van der Waals surface area (Å²) in [7, 11) is -3.81. The molecule has 1 amide bonds. The van der Waals surface area contributed by atoms with Gasteiger partial charge < -0.3 is 10.1 Å². The number of carbonyl (C=O) groups excluding carboxylic acids is 1. The smallest absolute Gasteiger partial charge is 0.264 e. The zero-order valence-corrected chi connectivity index (χ0v) is 18.2. The Hall–Kier alpha value is -3.72. The summed E-state index contributed by atoms with van der Waals surface area (Å²) in [5.74, 6) is 0.489. The molecule has 0 saturated heterocycles. The van der Waals surface area contributed by atoms with Gasteiger partial charge in [-0.15, -0.1) is 0 Å². The Morgan fingerprint density at radius 2 is 1.94 bits per heavy atom. The van der Waals surface area contributed by atoms with Crippen LogP contribution in [0, 0.1) is 6.92 Å². The fourth-order valence-electron chi connectivity index (χ4n) is 3.58. The highest BCUT2D eigenvalue weighted by molar-refractivity contribution is 7.92. The molecule has 0 aliphatic carbocycles. The molecular formula is C23H22N4O4S. The lowest BCUT2D eigenvalue weighted by Gasteiger charge is -2.35. The molecule has 8 nitrogen and oxygen atoms in total. The molecule has 32 heavy (non-hydrogen) atoms. The van der Waals surface area contributed by atoms with Gasteiger partial charge in [-0.05, 0) is 55.3 Å². The maximum Gasteiger partial charge on any atom is 0.264 e. The van der Waals surface area contributed by atoms with E-state index in [9.17, 15) is 13.2 Å². The van der Waals surface area contributed by atoms with E-state index in [-0.39, 0.29) is 23.4 Å². The molecule has 4 rings (SSSR count). The van der Waals surface area contributed by atoms with Gasteiger partial charge in [0.1, 0.15) is 5.75 Å². The number of para-hydroxylation sites is 1. The zero-order valence-electron chi connectivity index (χ0n) is 17.4. The molecule has 3 aromatic rings. The third kappa shape index (κ3) is 4.33. The Bertz CT molecular complexity index is 1260. The van der Waals surface area contributed by atoms with E-state index in [1.54, 1.807) is 37.4 Å². The Morgan fingerprint density at radius 1 is 1.19 bits per heavy atom. The number of fused-ring (bicyclic) bond motifs is 1. The molecule has 0 radical (unpaired) electrons. The summed E-state index contributed by atoms with van der Waals surface area (Å²) in [6.45, 7) is 5.52. The van der Waals surface area contributed by atoms with Crippen LogP contribution in [0.1, 0.15) is 23.7 Å². The minimum Gasteiger partial charge on any atom is -0.437 e. The van der Waals surface area contributed by atoms with Crippen molar-refractivity contribution in [2.24, 2.45) is 0 Å². The molecule has 0 spiro atoms. The van der Waals surface area contributed by atoms with E-state index < -0.39 is 10.0 Å². The minimum atomic E-state index is -3.81. The van der Waals surface area contributed by atoms with E-state index in [4.69, 9.17) is 4.74 Å². The summed E-state index contributed by atoms with van der Waals surface area (Å²) in [5, 5.41) is 2.87. The van der Waals surface area contributed by atoms with Crippen molar-refractivity contribution in [1.82, 2.24) is 15.3 Å². The molecule has 1 aromatic heterocycles. The summed E-state index contributed by atoms with van der Waals surface area (Å²) < 4.78 is 33.9. The molecule has 1 unspecified atom stereocenters. The van der Waals surface area contributed by atoms with Gasteiger partial charge in [0, 0.05) is 12.7 Å². The van der Waals surface area contributed by atoms with Gasteiger partial charge in [0.25, 0.3) is 10.0 Å². The lowest BCUT2D eigenvalue weighted by molar-refractivity contribution is -0.117. The van der Waals surface area contributed by atoms with Gasteiger partial charge >= 0.3 is 0 Å². The largest absolute Gasteiger partial charge is 0.437 e. The summed E-state index contributed by atoms with van der Waals surface area (Å²) in [6.07, 6.45) is 4.76. The standard InChI is InChI=1S/C23H22N4O4S/c1-3-22(28)26-20-12-13-27(21-7-5-4-6-19(20)21)32(29,30)18-10-8-17(9-11-18)31-23-15-24-14-16(2)25-23/h3-11,14-15,20H,1,12-13H2,2H3,(H,26,28). The zero-order chi connectivity index (χ0) is 22.7. The minimum absolute atomic E-state index is 0.142. The van der Waals surface area contributed by atoms with E-state index in [1.165, 1.54) is 28.7 Å². The second-order valence-corrected chi connectivity index (χ2v) is 9.12. The van der Waals surface area contributed by atoms with Crippen molar-refractivity contribution >= 4 is 21.6 Å². The number of aromatic nitrogens is 2. The number of aryl methyl sites for hydroxylation is 1.